The molecule has 1 aliphatic rings. The monoisotopic (exact) mass is 569 g/mol. The zero-order valence-electron chi connectivity index (χ0n) is 18.4. The van der Waals surface area contributed by atoms with E-state index in [1.54, 1.807) is 51.3 Å². The van der Waals surface area contributed by atoms with Gasteiger partial charge in [-0.2, -0.15) is 0 Å². The molecule has 0 bridgehead atoms. The van der Waals surface area contributed by atoms with Crippen molar-refractivity contribution in [3.05, 3.63) is 57.4 Å². The molecular formula is C23H25FIN3O5. The lowest BCUT2D eigenvalue weighted by atomic mass is 10.0. The molecule has 1 unspecified atom stereocenters. The molecule has 4 amide bonds. The van der Waals surface area contributed by atoms with Gasteiger partial charge in [-0.15, -0.1) is 0 Å². The van der Waals surface area contributed by atoms with Crippen LogP contribution in [0.5, 0.6) is 5.75 Å². The van der Waals surface area contributed by atoms with E-state index in [9.17, 15) is 18.8 Å². The van der Waals surface area contributed by atoms with E-state index in [1.807, 2.05) is 22.6 Å². The number of nitrogens with zero attached hydrogens (tertiary/aromatic N) is 1. The largest absolute Gasteiger partial charge is 0.491 e. The molecular weight excluding hydrogens is 544 g/mol. The van der Waals surface area contributed by atoms with E-state index in [1.165, 1.54) is 12.1 Å². The van der Waals surface area contributed by atoms with Crippen molar-refractivity contribution in [2.75, 3.05) is 25.6 Å². The lowest BCUT2D eigenvalue weighted by Gasteiger charge is -2.27. The standard InChI is InChI=1S/C23H25FIN3O5/c1-13(2)20(21(29)26-18-9-6-15(25)12-17(18)24)28-22(30)19(27-23(28)31)14-4-7-16(8-5-14)33-11-10-32-3/h4-9,12-13,19-20H,10-11H2,1-3H3,(H,26,29)(H,27,31)/t19-,20?/m1/s1. The third-order valence-corrected chi connectivity index (χ3v) is 5.78. The van der Waals surface area contributed by atoms with Crippen molar-refractivity contribution < 1.29 is 28.2 Å². The molecule has 33 heavy (non-hydrogen) atoms. The smallest absolute Gasteiger partial charge is 0.325 e. The molecule has 1 fully saturated rings. The maximum atomic E-state index is 14.2. The van der Waals surface area contributed by atoms with Gasteiger partial charge in [-0.05, 0) is 64.4 Å². The summed E-state index contributed by atoms with van der Waals surface area (Å²) in [5, 5.41) is 5.14. The maximum Gasteiger partial charge on any atom is 0.325 e. The molecule has 1 heterocycles. The molecule has 0 aliphatic carbocycles. The fourth-order valence-corrected chi connectivity index (χ4v) is 3.95. The predicted octanol–water partition coefficient (Wildman–Crippen LogP) is 3.71. The zero-order chi connectivity index (χ0) is 24.1. The number of carbonyl (C=O) groups is 3. The maximum absolute atomic E-state index is 14.2. The number of amides is 4. The van der Waals surface area contributed by atoms with Gasteiger partial charge in [0, 0.05) is 10.7 Å². The van der Waals surface area contributed by atoms with Crippen LogP contribution in [0.4, 0.5) is 14.9 Å². The summed E-state index contributed by atoms with van der Waals surface area (Å²) in [5.74, 6) is -1.59. The molecule has 3 rings (SSSR count). The lowest BCUT2D eigenvalue weighted by Crippen LogP contribution is -2.50. The van der Waals surface area contributed by atoms with Gasteiger partial charge in [-0.3, -0.25) is 9.59 Å². The number of imide groups is 1. The van der Waals surface area contributed by atoms with E-state index in [0.29, 0.717) is 28.1 Å². The molecule has 0 saturated carbocycles. The van der Waals surface area contributed by atoms with Gasteiger partial charge in [-0.25, -0.2) is 14.1 Å². The number of ether oxygens (including phenoxy) is 2. The molecule has 0 aromatic heterocycles. The summed E-state index contributed by atoms with van der Waals surface area (Å²) in [6.45, 7) is 4.26. The summed E-state index contributed by atoms with van der Waals surface area (Å²) < 4.78 is 25.4. The first-order chi connectivity index (χ1) is 15.7. The van der Waals surface area contributed by atoms with Crippen LogP contribution in [0.1, 0.15) is 25.5 Å². The van der Waals surface area contributed by atoms with Gasteiger partial charge in [0.25, 0.3) is 5.91 Å². The van der Waals surface area contributed by atoms with Crippen LogP contribution in [0.2, 0.25) is 0 Å². The number of hydrogen-bond donors (Lipinski definition) is 2. The number of methoxy groups -OCH3 is 1. The Kier molecular flexibility index (Phi) is 8.25. The molecule has 176 valence electrons. The fourth-order valence-electron chi connectivity index (χ4n) is 3.50. The van der Waals surface area contributed by atoms with Gasteiger partial charge in [0.2, 0.25) is 5.91 Å². The summed E-state index contributed by atoms with van der Waals surface area (Å²) in [6.07, 6.45) is 0. The zero-order valence-corrected chi connectivity index (χ0v) is 20.6. The lowest BCUT2D eigenvalue weighted by molar-refractivity contribution is -0.135. The van der Waals surface area contributed by atoms with Crippen LogP contribution in [-0.4, -0.2) is 49.1 Å². The van der Waals surface area contributed by atoms with E-state index >= 15 is 0 Å². The van der Waals surface area contributed by atoms with Crippen LogP contribution in [0, 0.1) is 15.3 Å². The van der Waals surface area contributed by atoms with Crippen LogP contribution in [0.3, 0.4) is 0 Å². The molecule has 10 heteroatoms. The highest BCUT2D eigenvalue weighted by Gasteiger charge is 2.46. The van der Waals surface area contributed by atoms with E-state index in [0.717, 1.165) is 4.90 Å². The van der Waals surface area contributed by atoms with Gasteiger partial charge in [0.1, 0.15) is 30.3 Å². The highest BCUT2D eigenvalue weighted by Crippen LogP contribution is 2.28. The third-order valence-electron chi connectivity index (χ3n) is 5.11. The summed E-state index contributed by atoms with van der Waals surface area (Å²) >= 11 is 1.96. The van der Waals surface area contributed by atoms with Crippen molar-refractivity contribution in [1.29, 1.82) is 0 Å². The molecule has 0 radical (unpaired) electrons. The van der Waals surface area contributed by atoms with E-state index in [-0.39, 0.29) is 5.69 Å². The second-order valence-electron chi connectivity index (χ2n) is 7.80. The molecule has 0 spiro atoms. The Morgan fingerprint density at radius 1 is 1.18 bits per heavy atom. The number of anilines is 1. The van der Waals surface area contributed by atoms with Crippen LogP contribution in [0.15, 0.2) is 42.5 Å². The first-order valence-electron chi connectivity index (χ1n) is 10.3. The SMILES string of the molecule is COCCOc1ccc([C@H]2NC(=O)N(C(C(=O)Nc3ccc(I)cc3F)C(C)C)C2=O)cc1. The predicted molar refractivity (Wildman–Crippen MR) is 128 cm³/mol. The molecule has 2 aromatic carbocycles. The van der Waals surface area contributed by atoms with Crippen LogP contribution < -0.4 is 15.4 Å². The first kappa shape index (κ1) is 24.9. The van der Waals surface area contributed by atoms with Crippen molar-refractivity contribution in [3.63, 3.8) is 0 Å². The molecule has 1 saturated heterocycles. The summed E-state index contributed by atoms with van der Waals surface area (Å²) in [6, 6.07) is 8.40. The average molecular weight is 569 g/mol. The van der Waals surface area contributed by atoms with Crippen molar-refractivity contribution >= 4 is 46.1 Å². The minimum absolute atomic E-state index is 0.0151. The Bertz CT molecular complexity index is 1030. The van der Waals surface area contributed by atoms with Gasteiger partial charge in [0.05, 0.1) is 12.3 Å². The number of hydrogen-bond acceptors (Lipinski definition) is 5. The van der Waals surface area contributed by atoms with Gasteiger partial charge < -0.3 is 20.1 Å². The number of halogens is 2. The van der Waals surface area contributed by atoms with Gasteiger partial charge >= 0.3 is 6.03 Å². The molecule has 2 atom stereocenters. The van der Waals surface area contributed by atoms with Crippen LogP contribution in [0.25, 0.3) is 0 Å². The number of rotatable bonds is 9. The quantitative estimate of drug-likeness (QED) is 0.273. The van der Waals surface area contributed by atoms with Crippen molar-refractivity contribution in [1.82, 2.24) is 10.2 Å². The molecule has 8 nitrogen and oxygen atoms in total. The minimum atomic E-state index is -1.11. The number of carbonyl (C=O) groups excluding carboxylic acids is 3. The summed E-state index contributed by atoms with van der Waals surface area (Å²) in [4.78, 5) is 39.8. The van der Waals surface area contributed by atoms with E-state index in [4.69, 9.17) is 9.47 Å². The molecule has 1 aliphatic heterocycles. The average Bonchev–Trinajstić information content (AvgIpc) is 3.05. The fraction of sp³-hybridized carbons (Fsp3) is 0.348. The Morgan fingerprint density at radius 3 is 2.48 bits per heavy atom. The Hall–Kier alpha value is -2.73. The highest BCUT2D eigenvalue weighted by atomic mass is 127. The Balaban J connectivity index is 1.77. The summed E-state index contributed by atoms with van der Waals surface area (Å²) in [5.41, 5.74) is 0.542. The van der Waals surface area contributed by atoms with Crippen molar-refractivity contribution in [2.24, 2.45) is 5.92 Å². The third kappa shape index (κ3) is 5.80. The first-order valence-corrected chi connectivity index (χ1v) is 11.4. The van der Waals surface area contributed by atoms with E-state index in [2.05, 4.69) is 10.6 Å². The Morgan fingerprint density at radius 2 is 1.88 bits per heavy atom. The van der Waals surface area contributed by atoms with Crippen molar-refractivity contribution in [2.45, 2.75) is 25.9 Å². The second-order valence-corrected chi connectivity index (χ2v) is 9.05. The number of benzene rings is 2. The van der Waals surface area contributed by atoms with Crippen LogP contribution in [-0.2, 0) is 14.3 Å². The Labute approximate surface area is 204 Å². The molecule has 2 N–H and O–H groups in total. The van der Waals surface area contributed by atoms with Gasteiger partial charge in [0.15, 0.2) is 0 Å². The normalized spacial score (nSPS) is 16.7. The summed E-state index contributed by atoms with van der Waals surface area (Å²) in [7, 11) is 1.58. The second kappa shape index (κ2) is 10.9. The minimum Gasteiger partial charge on any atom is -0.491 e. The topological polar surface area (TPSA) is 97.0 Å². The number of urea groups is 1. The highest BCUT2D eigenvalue weighted by molar-refractivity contribution is 14.1. The van der Waals surface area contributed by atoms with E-state index < -0.39 is 41.7 Å². The number of nitrogens with one attached hydrogen (secondary N) is 2. The molecule has 2 aromatic rings. The van der Waals surface area contributed by atoms with Crippen molar-refractivity contribution in [3.8, 4) is 5.75 Å². The van der Waals surface area contributed by atoms with Crippen LogP contribution >= 0.6 is 22.6 Å². The van der Waals surface area contributed by atoms with Gasteiger partial charge in [-0.1, -0.05) is 26.0 Å².